The Labute approximate surface area is 118 Å². The highest BCUT2D eigenvalue weighted by Crippen LogP contribution is 2.21. The van der Waals surface area contributed by atoms with Crippen LogP contribution in [-0.2, 0) is 11.3 Å². The number of aliphatic hydroxyl groups is 1. The Balaban J connectivity index is 1.83. The predicted octanol–water partition coefficient (Wildman–Crippen LogP) is 2.37. The number of alkyl halides is 1. The molecule has 1 aliphatic heterocycles. The Morgan fingerprint density at radius 3 is 2.70 bits per heavy atom. The molecule has 1 aromatic rings. The summed E-state index contributed by atoms with van der Waals surface area (Å²) >= 11 is 0. The minimum Gasteiger partial charge on any atom is -0.445 e. The zero-order valence-electron chi connectivity index (χ0n) is 11.4. The summed E-state index contributed by atoms with van der Waals surface area (Å²) in [4.78, 5) is 13.5. The molecule has 5 heteroatoms. The molecule has 1 saturated heterocycles. The van der Waals surface area contributed by atoms with Crippen LogP contribution in [0.2, 0.25) is 0 Å². The van der Waals surface area contributed by atoms with E-state index in [0.717, 1.165) is 5.56 Å². The molecule has 0 aromatic heterocycles. The van der Waals surface area contributed by atoms with Crippen molar-refractivity contribution in [2.75, 3.05) is 19.7 Å². The van der Waals surface area contributed by atoms with E-state index in [1.54, 1.807) is 0 Å². The van der Waals surface area contributed by atoms with E-state index in [2.05, 4.69) is 0 Å². The Morgan fingerprint density at radius 2 is 2.00 bits per heavy atom. The van der Waals surface area contributed by atoms with E-state index in [9.17, 15) is 9.18 Å². The molecule has 2 unspecified atom stereocenters. The van der Waals surface area contributed by atoms with Gasteiger partial charge in [-0.15, -0.1) is 0 Å². The van der Waals surface area contributed by atoms with E-state index < -0.39 is 12.3 Å². The first-order chi connectivity index (χ1) is 9.70. The maximum absolute atomic E-state index is 13.7. The molecule has 4 nitrogen and oxygen atoms in total. The van der Waals surface area contributed by atoms with Crippen molar-refractivity contribution in [2.45, 2.75) is 25.6 Å². The van der Waals surface area contributed by atoms with E-state index in [4.69, 9.17) is 9.84 Å². The summed E-state index contributed by atoms with van der Waals surface area (Å²) in [6, 6.07) is 9.43. The molecule has 0 aliphatic carbocycles. The van der Waals surface area contributed by atoms with Crippen molar-refractivity contribution in [3.05, 3.63) is 35.9 Å². The zero-order valence-corrected chi connectivity index (χ0v) is 11.4. The maximum Gasteiger partial charge on any atom is 0.410 e. The first-order valence-electron chi connectivity index (χ1n) is 6.91. The average molecular weight is 281 g/mol. The molecular formula is C15H20FNO3. The molecule has 1 aromatic carbocycles. The third kappa shape index (κ3) is 3.93. The monoisotopic (exact) mass is 281 g/mol. The number of hydrogen-bond donors (Lipinski definition) is 1. The van der Waals surface area contributed by atoms with Crippen LogP contribution >= 0.6 is 0 Å². The fourth-order valence-corrected chi connectivity index (χ4v) is 2.33. The van der Waals surface area contributed by atoms with Crippen LogP contribution in [0.3, 0.4) is 0 Å². The number of nitrogens with zero attached hydrogens (tertiary/aromatic N) is 1. The molecule has 0 bridgehead atoms. The number of carbonyl (C=O) groups is 1. The molecule has 1 fully saturated rings. The molecule has 1 amide bonds. The fraction of sp³-hybridized carbons (Fsp3) is 0.533. The molecule has 20 heavy (non-hydrogen) atoms. The second kappa shape index (κ2) is 7.24. The summed E-state index contributed by atoms with van der Waals surface area (Å²) in [5, 5.41) is 9.09. The number of hydrogen-bond acceptors (Lipinski definition) is 3. The minimum atomic E-state index is -1.05. The Kier molecular flexibility index (Phi) is 5.35. The van der Waals surface area contributed by atoms with Gasteiger partial charge < -0.3 is 14.7 Å². The number of benzene rings is 1. The van der Waals surface area contributed by atoms with Gasteiger partial charge in [0.05, 0.1) is 0 Å². The minimum absolute atomic E-state index is 0.173. The standard InChI is InChI=1S/C15H20FNO3/c16-14-7-9-17(8-6-13(14)10-18)15(19)20-11-12-4-2-1-3-5-12/h1-5,13-14,18H,6-11H2. The van der Waals surface area contributed by atoms with Crippen LogP contribution in [0.25, 0.3) is 0 Å². The van der Waals surface area contributed by atoms with Crippen LogP contribution < -0.4 is 0 Å². The van der Waals surface area contributed by atoms with E-state index in [1.165, 1.54) is 4.90 Å². The normalized spacial score (nSPS) is 23.2. The van der Waals surface area contributed by atoms with Gasteiger partial charge in [-0.25, -0.2) is 9.18 Å². The summed E-state index contributed by atoms with van der Waals surface area (Å²) in [6.07, 6.45) is -0.740. The third-order valence-electron chi connectivity index (χ3n) is 3.65. The third-order valence-corrected chi connectivity index (χ3v) is 3.65. The summed E-state index contributed by atoms with van der Waals surface area (Å²) in [5.74, 6) is -0.373. The lowest BCUT2D eigenvalue weighted by Crippen LogP contribution is -2.32. The SMILES string of the molecule is O=C(OCc1ccccc1)N1CCC(F)C(CO)CC1. The van der Waals surface area contributed by atoms with E-state index in [0.29, 0.717) is 19.5 Å². The summed E-state index contributed by atoms with van der Waals surface area (Å²) in [6.45, 7) is 0.817. The van der Waals surface area contributed by atoms with Crippen molar-refractivity contribution in [3.8, 4) is 0 Å². The Morgan fingerprint density at radius 1 is 1.30 bits per heavy atom. The number of rotatable bonds is 3. The van der Waals surface area contributed by atoms with Gasteiger partial charge in [0, 0.05) is 25.6 Å². The van der Waals surface area contributed by atoms with Gasteiger partial charge in [-0.05, 0) is 18.4 Å². The molecule has 1 aliphatic rings. The zero-order chi connectivity index (χ0) is 14.4. The molecule has 110 valence electrons. The van der Waals surface area contributed by atoms with Gasteiger partial charge in [0.2, 0.25) is 0 Å². The van der Waals surface area contributed by atoms with Gasteiger partial charge in [-0.3, -0.25) is 0 Å². The predicted molar refractivity (Wildman–Crippen MR) is 72.9 cm³/mol. The molecule has 0 spiro atoms. The van der Waals surface area contributed by atoms with Crippen molar-refractivity contribution < 1.29 is 19.0 Å². The molecule has 0 radical (unpaired) electrons. The maximum atomic E-state index is 13.7. The quantitative estimate of drug-likeness (QED) is 0.925. The van der Waals surface area contributed by atoms with Crippen molar-refractivity contribution in [1.29, 1.82) is 0 Å². The van der Waals surface area contributed by atoms with Gasteiger partial charge in [0.15, 0.2) is 0 Å². The van der Waals surface area contributed by atoms with Crippen LogP contribution in [0.4, 0.5) is 9.18 Å². The Bertz CT molecular complexity index is 426. The highest BCUT2D eigenvalue weighted by molar-refractivity contribution is 5.67. The first-order valence-corrected chi connectivity index (χ1v) is 6.91. The van der Waals surface area contributed by atoms with Crippen LogP contribution in [0, 0.1) is 5.92 Å². The van der Waals surface area contributed by atoms with Crippen molar-refractivity contribution in [2.24, 2.45) is 5.92 Å². The van der Waals surface area contributed by atoms with E-state index >= 15 is 0 Å². The van der Waals surface area contributed by atoms with Gasteiger partial charge in [0.25, 0.3) is 0 Å². The highest BCUT2D eigenvalue weighted by Gasteiger charge is 2.28. The summed E-state index contributed by atoms with van der Waals surface area (Å²) < 4.78 is 18.9. The fourth-order valence-electron chi connectivity index (χ4n) is 2.33. The highest BCUT2D eigenvalue weighted by atomic mass is 19.1. The van der Waals surface area contributed by atoms with Crippen molar-refractivity contribution in [1.82, 2.24) is 4.90 Å². The number of carbonyl (C=O) groups excluding carboxylic acids is 1. The number of aliphatic hydroxyl groups excluding tert-OH is 1. The van der Waals surface area contributed by atoms with Gasteiger partial charge in [-0.1, -0.05) is 30.3 Å². The van der Waals surface area contributed by atoms with E-state index in [-0.39, 0.29) is 25.6 Å². The lowest BCUT2D eigenvalue weighted by Gasteiger charge is -2.19. The van der Waals surface area contributed by atoms with Gasteiger partial charge in [-0.2, -0.15) is 0 Å². The molecule has 2 rings (SSSR count). The largest absolute Gasteiger partial charge is 0.445 e. The molecule has 0 saturated carbocycles. The smallest absolute Gasteiger partial charge is 0.410 e. The van der Waals surface area contributed by atoms with Crippen LogP contribution in [0.1, 0.15) is 18.4 Å². The number of ether oxygens (including phenoxy) is 1. The van der Waals surface area contributed by atoms with Gasteiger partial charge in [0.1, 0.15) is 12.8 Å². The van der Waals surface area contributed by atoms with Crippen LogP contribution in [0.15, 0.2) is 30.3 Å². The number of amides is 1. The van der Waals surface area contributed by atoms with Gasteiger partial charge >= 0.3 is 6.09 Å². The summed E-state index contributed by atoms with van der Waals surface area (Å²) in [7, 11) is 0. The lowest BCUT2D eigenvalue weighted by atomic mass is 10.0. The summed E-state index contributed by atoms with van der Waals surface area (Å²) in [5.41, 5.74) is 0.923. The average Bonchev–Trinajstić information content (AvgIpc) is 2.67. The molecule has 1 heterocycles. The first kappa shape index (κ1) is 14.8. The molecule has 2 atom stereocenters. The van der Waals surface area contributed by atoms with Crippen LogP contribution in [-0.4, -0.2) is 42.0 Å². The second-order valence-corrected chi connectivity index (χ2v) is 5.06. The number of halogens is 1. The van der Waals surface area contributed by atoms with Crippen LogP contribution in [0.5, 0.6) is 0 Å². The molecular weight excluding hydrogens is 261 g/mol. The topological polar surface area (TPSA) is 49.8 Å². The Hall–Kier alpha value is -1.62. The second-order valence-electron chi connectivity index (χ2n) is 5.06. The van der Waals surface area contributed by atoms with Crippen molar-refractivity contribution >= 4 is 6.09 Å². The number of likely N-dealkylation sites (tertiary alicyclic amines) is 1. The van der Waals surface area contributed by atoms with E-state index in [1.807, 2.05) is 30.3 Å². The lowest BCUT2D eigenvalue weighted by molar-refractivity contribution is 0.0964. The molecule has 1 N–H and O–H groups in total. The van der Waals surface area contributed by atoms with Crippen molar-refractivity contribution in [3.63, 3.8) is 0 Å².